The van der Waals surface area contributed by atoms with Crippen molar-refractivity contribution in [1.29, 1.82) is 0 Å². The number of nitrogens with one attached hydrogen (secondary N) is 1. The third-order valence-corrected chi connectivity index (χ3v) is 5.78. The predicted molar refractivity (Wildman–Crippen MR) is 121 cm³/mol. The molecule has 1 aromatic heterocycles. The van der Waals surface area contributed by atoms with Crippen molar-refractivity contribution in [2.45, 2.75) is 12.3 Å². The molecule has 1 unspecified atom stereocenters. The first-order valence-corrected chi connectivity index (χ1v) is 10.2. The first-order valence-electron chi connectivity index (χ1n) is 9.84. The molecule has 5 rings (SSSR count). The van der Waals surface area contributed by atoms with Crippen LogP contribution >= 0.6 is 11.6 Å². The zero-order valence-corrected chi connectivity index (χ0v) is 17.2. The van der Waals surface area contributed by atoms with Crippen LogP contribution in [0.5, 0.6) is 5.75 Å². The number of aromatic amines is 1. The summed E-state index contributed by atoms with van der Waals surface area (Å²) in [6.45, 7) is 0. The molecule has 1 atom stereocenters. The Morgan fingerprint density at radius 2 is 1.60 bits per heavy atom. The molecule has 0 spiro atoms. The van der Waals surface area contributed by atoms with Crippen LogP contribution in [0.4, 0.5) is 5.82 Å². The minimum absolute atomic E-state index is 0.153. The Bertz CT molecular complexity index is 1200. The maximum atomic E-state index is 6.09. The molecule has 1 aliphatic rings. The lowest BCUT2D eigenvalue weighted by molar-refractivity contribution is 0.415. The number of nitrogens with zero attached hydrogens (tertiary/aromatic N) is 2. The molecule has 0 amide bonds. The Balaban J connectivity index is 1.64. The van der Waals surface area contributed by atoms with Gasteiger partial charge in [0.1, 0.15) is 5.75 Å². The van der Waals surface area contributed by atoms with Gasteiger partial charge in [-0.2, -0.15) is 5.10 Å². The Hall–Kier alpha value is -3.37. The molecule has 0 saturated heterocycles. The first-order chi connectivity index (χ1) is 14.7. The Labute approximate surface area is 180 Å². The van der Waals surface area contributed by atoms with E-state index in [9.17, 15) is 0 Å². The van der Waals surface area contributed by atoms with Gasteiger partial charge in [0.25, 0.3) is 0 Å². The van der Waals surface area contributed by atoms with Crippen LogP contribution in [0, 0.1) is 0 Å². The normalized spacial score (nSPS) is 15.4. The summed E-state index contributed by atoms with van der Waals surface area (Å²) in [6, 6.07) is 26.4. The van der Waals surface area contributed by atoms with Crippen LogP contribution in [0.1, 0.15) is 29.0 Å². The van der Waals surface area contributed by atoms with Crippen LogP contribution in [0.2, 0.25) is 5.02 Å². The number of aliphatic imine (C=N–C) groups is 1. The summed E-state index contributed by atoms with van der Waals surface area (Å²) in [5, 5.41) is 8.51. The molecule has 0 fully saturated rings. The molecule has 0 saturated carbocycles. The fourth-order valence-electron chi connectivity index (χ4n) is 4.00. The van der Waals surface area contributed by atoms with Crippen molar-refractivity contribution in [1.82, 2.24) is 10.2 Å². The zero-order chi connectivity index (χ0) is 20.5. The van der Waals surface area contributed by atoms with E-state index in [2.05, 4.69) is 46.6 Å². The monoisotopic (exact) mass is 413 g/mol. The van der Waals surface area contributed by atoms with E-state index in [0.717, 1.165) is 46.1 Å². The van der Waals surface area contributed by atoms with E-state index in [-0.39, 0.29) is 5.92 Å². The predicted octanol–water partition coefficient (Wildman–Crippen LogP) is 6.40. The topological polar surface area (TPSA) is 50.3 Å². The lowest BCUT2D eigenvalue weighted by atomic mass is 9.82. The fraction of sp³-hybridized carbons (Fsp3) is 0.120. The summed E-state index contributed by atoms with van der Waals surface area (Å²) in [6.07, 6.45) is 0.795. The highest BCUT2D eigenvalue weighted by Crippen LogP contribution is 2.44. The summed E-state index contributed by atoms with van der Waals surface area (Å²) in [5.41, 5.74) is 6.52. The molecule has 0 radical (unpaired) electrons. The smallest absolute Gasteiger partial charge is 0.178 e. The van der Waals surface area contributed by atoms with Crippen LogP contribution in [0.15, 0.2) is 83.9 Å². The van der Waals surface area contributed by atoms with Gasteiger partial charge in [-0.15, -0.1) is 0 Å². The zero-order valence-electron chi connectivity index (χ0n) is 16.5. The van der Waals surface area contributed by atoms with Crippen LogP contribution in [0.25, 0.3) is 11.3 Å². The summed E-state index contributed by atoms with van der Waals surface area (Å²) < 4.78 is 5.30. The van der Waals surface area contributed by atoms with Crippen molar-refractivity contribution in [3.63, 3.8) is 0 Å². The van der Waals surface area contributed by atoms with Crippen molar-refractivity contribution in [3.8, 4) is 17.0 Å². The van der Waals surface area contributed by atoms with Gasteiger partial charge in [0.05, 0.1) is 18.5 Å². The maximum absolute atomic E-state index is 6.09. The van der Waals surface area contributed by atoms with Gasteiger partial charge in [0.2, 0.25) is 0 Å². The van der Waals surface area contributed by atoms with E-state index in [0.29, 0.717) is 5.02 Å². The lowest BCUT2D eigenvalue weighted by Crippen LogP contribution is -2.14. The van der Waals surface area contributed by atoms with Crippen molar-refractivity contribution < 1.29 is 4.74 Å². The number of fused-ring (bicyclic) bond motifs is 1. The van der Waals surface area contributed by atoms with Gasteiger partial charge in [-0.25, -0.2) is 4.99 Å². The molecule has 30 heavy (non-hydrogen) atoms. The molecule has 0 bridgehead atoms. The quantitative estimate of drug-likeness (QED) is 0.421. The van der Waals surface area contributed by atoms with E-state index in [1.54, 1.807) is 7.11 Å². The van der Waals surface area contributed by atoms with E-state index >= 15 is 0 Å². The molecule has 4 nitrogen and oxygen atoms in total. The second-order valence-electron chi connectivity index (χ2n) is 7.30. The van der Waals surface area contributed by atoms with E-state index in [1.165, 1.54) is 5.56 Å². The lowest BCUT2D eigenvalue weighted by Gasteiger charge is -2.24. The minimum Gasteiger partial charge on any atom is -0.497 e. The molecule has 148 valence electrons. The number of H-pyrrole nitrogens is 1. The van der Waals surface area contributed by atoms with Crippen LogP contribution < -0.4 is 4.74 Å². The minimum atomic E-state index is 0.153. The van der Waals surface area contributed by atoms with Crippen molar-refractivity contribution in [2.75, 3.05) is 7.11 Å². The number of hydrogen-bond acceptors (Lipinski definition) is 3. The summed E-state index contributed by atoms with van der Waals surface area (Å²) in [5.74, 6) is 1.73. The molecule has 0 aliphatic carbocycles. The highest BCUT2D eigenvalue weighted by atomic mass is 35.5. The largest absolute Gasteiger partial charge is 0.497 e. The molecule has 4 aromatic rings. The second kappa shape index (κ2) is 7.81. The maximum Gasteiger partial charge on any atom is 0.178 e. The molecular weight excluding hydrogens is 394 g/mol. The highest BCUT2D eigenvalue weighted by molar-refractivity contribution is 6.30. The van der Waals surface area contributed by atoms with Crippen LogP contribution in [0.3, 0.4) is 0 Å². The highest BCUT2D eigenvalue weighted by Gasteiger charge is 2.30. The second-order valence-corrected chi connectivity index (χ2v) is 7.73. The number of rotatable bonds is 4. The van der Waals surface area contributed by atoms with Gasteiger partial charge in [-0.05, 0) is 47.5 Å². The number of benzene rings is 3. The number of hydrogen-bond donors (Lipinski definition) is 1. The van der Waals surface area contributed by atoms with E-state index in [4.69, 9.17) is 21.3 Å². The average Bonchev–Trinajstić information content (AvgIpc) is 3.24. The number of halogens is 1. The van der Waals surface area contributed by atoms with Crippen molar-refractivity contribution in [3.05, 3.63) is 101 Å². The third kappa shape index (κ3) is 3.40. The van der Waals surface area contributed by atoms with E-state index in [1.807, 2.05) is 42.5 Å². The average molecular weight is 414 g/mol. The summed E-state index contributed by atoms with van der Waals surface area (Å²) in [7, 11) is 1.67. The van der Waals surface area contributed by atoms with E-state index < -0.39 is 0 Å². The Kier molecular flexibility index (Phi) is 4.85. The van der Waals surface area contributed by atoms with Gasteiger partial charge in [0, 0.05) is 28.5 Å². The first kappa shape index (κ1) is 18.6. The van der Waals surface area contributed by atoms with Crippen molar-refractivity contribution in [2.24, 2.45) is 4.99 Å². The van der Waals surface area contributed by atoms with Gasteiger partial charge in [-0.3, -0.25) is 5.10 Å². The standard InChI is InChI=1S/C25H20ClN3O/c1-30-20-13-9-17(10-14-20)22-15-21(16-5-3-2-4-6-16)23-24(28-29-25(23)27-22)18-7-11-19(26)12-8-18/h2-14,21H,15H2,1H3,(H,28,29). The number of ether oxygens (including phenoxy) is 1. The van der Waals surface area contributed by atoms with Gasteiger partial charge in [0.15, 0.2) is 5.82 Å². The number of aromatic nitrogens is 2. The fourth-order valence-corrected chi connectivity index (χ4v) is 4.12. The van der Waals surface area contributed by atoms with Crippen LogP contribution in [-0.2, 0) is 0 Å². The Morgan fingerprint density at radius 3 is 2.30 bits per heavy atom. The summed E-state index contributed by atoms with van der Waals surface area (Å²) in [4.78, 5) is 4.92. The third-order valence-electron chi connectivity index (χ3n) is 5.53. The molecule has 3 aromatic carbocycles. The molecular formula is C25H20ClN3O. The molecule has 5 heteroatoms. The van der Waals surface area contributed by atoms with Crippen LogP contribution in [-0.4, -0.2) is 23.0 Å². The SMILES string of the molecule is COc1ccc(C2=Nc3n[nH]c(-c4ccc(Cl)cc4)c3C(c3ccccc3)C2)cc1. The number of methoxy groups -OCH3 is 1. The molecule has 1 N–H and O–H groups in total. The Morgan fingerprint density at radius 1 is 0.900 bits per heavy atom. The summed E-state index contributed by atoms with van der Waals surface area (Å²) >= 11 is 6.09. The molecule has 1 aliphatic heterocycles. The van der Waals surface area contributed by atoms with Crippen molar-refractivity contribution >= 4 is 23.1 Å². The van der Waals surface area contributed by atoms with Gasteiger partial charge < -0.3 is 4.74 Å². The van der Waals surface area contributed by atoms with Gasteiger partial charge >= 0.3 is 0 Å². The van der Waals surface area contributed by atoms with Gasteiger partial charge in [-0.1, -0.05) is 54.1 Å². The molecule has 2 heterocycles.